The average molecular weight is 313 g/mol. The molecule has 4 heteroatoms. The highest BCUT2D eigenvalue weighted by atomic mass is 16.2. The Hall–Kier alpha value is -3.37. The minimum Gasteiger partial charge on any atom is -0.270 e. The Labute approximate surface area is 141 Å². The third kappa shape index (κ3) is 2.45. The summed E-state index contributed by atoms with van der Waals surface area (Å²) in [4.78, 5) is 13.0. The van der Waals surface area contributed by atoms with Gasteiger partial charge < -0.3 is 0 Å². The summed E-state index contributed by atoms with van der Waals surface area (Å²) in [7, 11) is 0. The van der Waals surface area contributed by atoms with Crippen molar-refractivity contribution in [1.29, 1.82) is 5.26 Å². The molecule has 1 amide bonds. The van der Waals surface area contributed by atoms with Gasteiger partial charge in [0.1, 0.15) is 0 Å². The summed E-state index contributed by atoms with van der Waals surface area (Å²) in [5.41, 5.74) is 1.67. The lowest BCUT2D eigenvalue weighted by Gasteiger charge is -2.22. The normalized spacial score (nSPS) is 19.5. The number of carbonyl (C=O) groups is 1. The van der Waals surface area contributed by atoms with E-state index in [-0.39, 0.29) is 5.91 Å². The molecule has 116 valence electrons. The maximum absolute atomic E-state index is 13.0. The van der Waals surface area contributed by atoms with Gasteiger partial charge >= 0.3 is 0 Å². The number of nitrogens with zero attached hydrogens (tertiary/aromatic N) is 3. The number of amides is 1. The first kappa shape index (κ1) is 15.5. The summed E-state index contributed by atoms with van der Waals surface area (Å²) in [5.74, 6) is 2.44. The summed E-state index contributed by atoms with van der Waals surface area (Å²) in [6, 6.07) is 18.4. The van der Waals surface area contributed by atoms with Gasteiger partial charge in [0.05, 0.1) is 23.0 Å². The molecule has 1 aliphatic heterocycles. The van der Waals surface area contributed by atoms with E-state index in [1.807, 2.05) is 42.5 Å². The van der Waals surface area contributed by atoms with E-state index in [2.05, 4.69) is 17.1 Å². The molecule has 4 nitrogen and oxygen atoms in total. The lowest BCUT2D eigenvalue weighted by Crippen LogP contribution is -2.39. The molecule has 1 unspecified atom stereocenters. The van der Waals surface area contributed by atoms with Gasteiger partial charge in [-0.1, -0.05) is 36.3 Å². The number of nitriles is 1. The van der Waals surface area contributed by atoms with Crippen LogP contribution in [0.5, 0.6) is 0 Å². The van der Waals surface area contributed by atoms with Crippen LogP contribution in [-0.2, 0) is 11.2 Å². The Morgan fingerprint density at radius 3 is 2.42 bits per heavy atom. The van der Waals surface area contributed by atoms with Crippen molar-refractivity contribution in [1.82, 2.24) is 0 Å². The van der Waals surface area contributed by atoms with Crippen LogP contribution in [-0.4, -0.2) is 11.6 Å². The molecule has 0 radical (unpaired) electrons. The van der Waals surface area contributed by atoms with E-state index in [0.717, 1.165) is 5.56 Å². The average Bonchev–Trinajstić information content (AvgIpc) is 2.88. The molecule has 2 aromatic rings. The molecule has 0 N–H and O–H groups in total. The number of hydrogen-bond acceptors (Lipinski definition) is 3. The van der Waals surface area contributed by atoms with Crippen LogP contribution >= 0.6 is 0 Å². The first-order valence-electron chi connectivity index (χ1n) is 7.53. The monoisotopic (exact) mass is 313 g/mol. The second-order valence-corrected chi connectivity index (χ2v) is 5.67. The lowest BCUT2D eigenvalue weighted by molar-refractivity contribution is -0.121. The third-order valence-electron chi connectivity index (χ3n) is 4.22. The van der Waals surface area contributed by atoms with Gasteiger partial charge in [-0.25, -0.2) is 0 Å². The summed E-state index contributed by atoms with van der Waals surface area (Å²) >= 11 is 0. The number of carbonyl (C=O) groups excluding carboxylic acids is 1. The zero-order valence-electron chi connectivity index (χ0n) is 13.2. The summed E-state index contributed by atoms with van der Waals surface area (Å²) in [6.45, 7) is 1.78. The Morgan fingerprint density at radius 2 is 1.83 bits per heavy atom. The van der Waals surface area contributed by atoms with Crippen molar-refractivity contribution in [3.63, 3.8) is 0 Å². The molecule has 1 heterocycles. The van der Waals surface area contributed by atoms with E-state index in [1.54, 1.807) is 19.1 Å². The van der Waals surface area contributed by atoms with Gasteiger partial charge in [-0.3, -0.25) is 4.79 Å². The molecular formula is C20H15N3O. The van der Waals surface area contributed by atoms with Gasteiger partial charge in [0.15, 0.2) is 5.41 Å². The number of benzene rings is 2. The number of terminal acetylenes is 1. The zero-order valence-corrected chi connectivity index (χ0v) is 13.2. The maximum atomic E-state index is 13.0. The van der Waals surface area contributed by atoms with E-state index >= 15 is 0 Å². The number of rotatable bonds is 3. The molecule has 0 fully saturated rings. The van der Waals surface area contributed by atoms with Crippen molar-refractivity contribution < 1.29 is 4.79 Å². The van der Waals surface area contributed by atoms with Gasteiger partial charge in [-0.15, -0.1) is 6.42 Å². The molecule has 0 aromatic heterocycles. The smallest absolute Gasteiger partial charge is 0.270 e. The predicted molar refractivity (Wildman–Crippen MR) is 93.2 cm³/mol. The topological polar surface area (TPSA) is 56.5 Å². The van der Waals surface area contributed by atoms with Crippen molar-refractivity contribution >= 4 is 17.3 Å². The van der Waals surface area contributed by atoms with Gasteiger partial charge in [0.2, 0.25) is 0 Å². The molecule has 0 bridgehead atoms. The van der Waals surface area contributed by atoms with Gasteiger partial charge in [-0.05, 0) is 36.8 Å². The molecule has 0 spiro atoms. The van der Waals surface area contributed by atoms with E-state index in [0.29, 0.717) is 23.4 Å². The highest BCUT2D eigenvalue weighted by Gasteiger charge is 2.48. The van der Waals surface area contributed by atoms with Crippen LogP contribution in [0.25, 0.3) is 0 Å². The van der Waals surface area contributed by atoms with Crippen LogP contribution in [0.1, 0.15) is 18.1 Å². The highest BCUT2D eigenvalue weighted by molar-refractivity contribution is 6.21. The van der Waals surface area contributed by atoms with Gasteiger partial charge in [-0.2, -0.15) is 15.4 Å². The van der Waals surface area contributed by atoms with Crippen LogP contribution in [0.15, 0.2) is 59.7 Å². The van der Waals surface area contributed by atoms with Crippen LogP contribution in [0.3, 0.4) is 0 Å². The van der Waals surface area contributed by atoms with Crippen molar-refractivity contribution in [3.8, 4) is 18.4 Å². The fourth-order valence-electron chi connectivity index (χ4n) is 2.78. The molecule has 3 rings (SSSR count). The van der Waals surface area contributed by atoms with Crippen LogP contribution in [0, 0.1) is 29.1 Å². The second-order valence-electron chi connectivity index (χ2n) is 5.67. The van der Waals surface area contributed by atoms with Gasteiger partial charge in [0, 0.05) is 6.42 Å². The predicted octanol–water partition coefficient (Wildman–Crippen LogP) is 3.14. The largest absolute Gasteiger partial charge is 0.271 e. The standard InChI is InChI=1S/C20H15N3O/c1-3-20(13-16-9-11-17(14-21)12-10-16)15(2)22-23(19(20)24)18-7-5-4-6-8-18/h1,4-12H,13H2,2H3. The first-order valence-corrected chi connectivity index (χ1v) is 7.53. The van der Waals surface area contributed by atoms with Gasteiger partial charge in [0.25, 0.3) is 5.91 Å². The zero-order chi connectivity index (χ0) is 17.2. The van der Waals surface area contributed by atoms with Crippen LogP contribution < -0.4 is 5.01 Å². The maximum Gasteiger partial charge on any atom is 0.271 e. The van der Waals surface area contributed by atoms with Crippen molar-refractivity contribution in [3.05, 3.63) is 65.7 Å². The Morgan fingerprint density at radius 1 is 1.17 bits per heavy atom. The molecule has 1 atom stereocenters. The summed E-state index contributed by atoms with van der Waals surface area (Å²) in [5, 5.41) is 14.7. The van der Waals surface area contributed by atoms with Crippen molar-refractivity contribution in [2.24, 2.45) is 10.5 Å². The van der Waals surface area contributed by atoms with E-state index in [9.17, 15) is 4.79 Å². The van der Waals surface area contributed by atoms with Crippen molar-refractivity contribution in [2.75, 3.05) is 5.01 Å². The van der Waals surface area contributed by atoms with Crippen molar-refractivity contribution in [2.45, 2.75) is 13.3 Å². The molecule has 24 heavy (non-hydrogen) atoms. The summed E-state index contributed by atoms with van der Waals surface area (Å²) in [6.07, 6.45) is 6.12. The van der Waals surface area contributed by atoms with E-state index in [4.69, 9.17) is 11.7 Å². The quantitative estimate of drug-likeness (QED) is 0.817. The van der Waals surface area contributed by atoms with E-state index < -0.39 is 5.41 Å². The molecule has 0 aliphatic carbocycles. The minimum atomic E-state index is -1.09. The molecule has 0 saturated heterocycles. The minimum absolute atomic E-state index is 0.224. The Balaban J connectivity index is 1.95. The summed E-state index contributed by atoms with van der Waals surface area (Å²) < 4.78 is 0. The Bertz CT molecular complexity index is 885. The second kappa shape index (κ2) is 6.02. The molecule has 2 aromatic carbocycles. The first-order chi connectivity index (χ1) is 11.6. The lowest BCUT2D eigenvalue weighted by atomic mass is 9.78. The number of hydrogen-bond donors (Lipinski definition) is 0. The van der Waals surface area contributed by atoms with Crippen LogP contribution in [0.4, 0.5) is 5.69 Å². The third-order valence-corrected chi connectivity index (χ3v) is 4.22. The highest BCUT2D eigenvalue weighted by Crippen LogP contribution is 2.35. The number of para-hydroxylation sites is 1. The Kier molecular flexibility index (Phi) is 3.90. The molecular weight excluding hydrogens is 298 g/mol. The molecule has 1 aliphatic rings. The molecule has 0 saturated carbocycles. The SMILES string of the molecule is C#CC1(Cc2ccc(C#N)cc2)C(=O)N(c2ccccc2)N=C1C. The van der Waals surface area contributed by atoms with E-state index in [1.165, 1.54) is 5.01 Å². The fraction of sp³-hybridized carbons (Fsp3) is 0.150. The number of hydrazone groups is 1. The fourth-order valence-corrected chi connectivity index (χ4v) is 2.78. The number of anilines is 1. The van der Waals surface area contributed by atoms with Crippen LogP contribution in [0.2, 0.25) is 0 Å².